The molecule has 6 heteroatoms. The van der Waals surface area contributed by atoms with Gasteiger partial charge in [-0.2, -0.15) is 18.3 Å². The molecular weight excluding hydrogens is 389 g/mol. The number of hydrazone groups is 1. The molecule has 0 unspecified atom stereocenters. The van der Waals surface area contributed by atoms with Crippen LogP contribution in [0.5, 0.6) is 5.75 Å². The number of hydrogen-bond donors (Lipinski definition) is 0. The van der Waals surface area contributed by atoms with Gasteiger partial charge in [0.2, 0.25) is 0 Å². The van der Waals surface area contributed by atoms with E-state index in [0.29, 0.717) is 13.0 Å². The number of nitrogens with zero attached hydrogens (tertiary/aromatic N) is 2. The zero-order chi connectivity index (χ0) is 21.1. The molecule has 30 heavy (non-hydrogen) atoms. The van der Waals surface area contributed by atoms with E-state index in [1.165, 1.54) is 6.07 Å². The number of halogens is 3. The molecule has 0 spiro atoms. The minimum Gasteiger partial charge on any atom is -0.494 e. The molecule has 0 saturated carbocycles. The van der Waals surface area contributed by atoms with Crippen molar-refractivity contribution in [2.24, 2.45) is 5.10 Å². The van der Waals surface area contributed by atoms with Gasteiger partial charge in [0.1, 0.15) is 5.75 Å². The van der Waals surface area contributed by atoms with Crippen molar-refractivity contribution >= 4 is 11.4 Å². The predicted octanol–water partition coefficient (Wildman–Crippen LogP) is 6.46. The summed E-state index contributed by atoms with van der Waals surface area (Å²) in [6.45, 7) is 2.48. The summed E-state index contributed by atoms with van der Waals surface area (Å²) in [6.07, 6.45) is -4.06. The summed E-state index contributed by atoms with van der Waals surface area (Å²) in [6, 6.07) is 22.0. The predicted molar refractivity (Wildman–Crippen MR) is 112 cm³/mol. The van der Waals surface area contributed by atoms with Crippen LogP contribution in [-0.4, -0.2) is 12.3 Å². The Morgan fingerprint density at radius 1 is 0.933 bits per heavy atom. The molecule has 0 fully saturated rings. The maximum Gasteiger partial charge on any atom is 0.416 e. The van der Waals surface area contributed by atoms with E-state index in [1.54, 1.807) is 17.1 Å². The first kappa shape index (κ1) is 20.0. The van der Waals surface area contributed by atoms with E-state index in [1.807, 2.05) is 61.5 Å². The Kier molecular flexibility index (Phi) is 5.48. The number of rotatable bonds is 5. The molecule has 154 valence electrons. The van der Waals surface area contributed by atoms with Crippen molar-refractivity contribution in [3.05, 3.63) is 95.6 Å². The number of ether oxygens (including phenoxy) is 1. The molecule has 1 aliphatic rings. The molecule has 4 rings (SSSR count). The minimum atomic E-state index is -4.43. The van der Waals surface area contributed by atoms with Gasteiger partial charge >= 0.3 is 6.18 Å². The molecule has 0 amide bonds. The lowest BCUT2D eigenvalue weighted by molar-refractivity contribution is -0.138. The van der Waals surface area contributed by atoms with Gasteiger partial charge in [0.15, 0.2) is 0 Å². The molecular formula is C24H21F3N2O. The molecule has 1 heterocycles. The number of anilines is 1. The van der Waals surface area contributed by atoms with Crippen LogP contribution in [0.1, 0.15) is 36.1 Å². The molecule has 3 aromatic rings. The first-order valence-electron chi connectivity index (χ1n) is 9.78. The van der Waals surface area contributed by atoms with E-state index in [9.17, 15) is 13.2 Å². The number of para-hydroxylation sites is 1. The Morgan fingerprint density at radius 2 is 1.60 bits per heavy atom. The van der Waals surface area contributed by atoms with Gasteiger partial charge in [-0.15, -0.1) is 0 Å². The summed E-state index contributed by atoms with van der Waals surface area (Å²) >= 11 is 0. The van der Waals surface area contributed by atoms with Crippen LogP contribution in [-0.2, 0) is 6.18 Å². The van der Waals surface area contributed by atoms with Crippen LogP contribution in [0, 0.1) is 0 Å². The maximum atomic E-state index is 13.7. The smallest absolute Gasteiger partial charge is 0.416 e. The third-order valence-electron chi connectivity index (χ3n) is 5.05. The zero-order valence-corrected chi connectivity index (χ0v) is 16.4. The van der Waals surface area contributed by atoms with Crippen molar-refractivity contribution in [3.63, 3.8) is 0 Å². The average Bonchev–Trinajstić information content (AvgIpc) is 3.20. The van der Waals surface area contributed by atoms with Crippen molar-refractivity contribution in [1.29, 1.82) is 0 Å². The van der Waals surface area contributed by atoms with E-state index in [2.05, 4.69) is 0 Å². The third-order valence-corrected chi connectivity index (χ3v) is 5.05. The largest absolute Gasteiger partial charge is 0.494 e. The molecule has 0 aliphatic carbocycles. The third kappa shape index (κ3) is 4.03. The highest BCUT2D eigenvalue weighted by Crippen LogP contribution is 2.42. The molecule has 1 aliphatic heterocycles. The van der Waals surface area contributed by atoms with Crippen LogP contribution in [0.4, 0.5) is 18.9 Å². The highest BCUT2D eigenvalue weighted by molar-refractivity contribution is 6.03. The minimum absolute atomic E-state index is 0.221. The lowest BCUT2D eigenvalue weighted by Crippen LogP contribution is -2.22. The fourth-order valence-electron chi connectivity index (χ4n) is 3.70. The quantitative estimate of drug-likeness (QED) is 0.482. The summed E-state index contributed by atoms with van der Waals surface area (Å²) < 4.78 is 46.6. The van der Waals surface area contributed by atoms with Crippen LogP contribution in [0.2, 0.25) is 0 Å². The Bertz CT molecular complexity index is 1030. The van der Waals surface area contributed by atoms with Crippen molar-refractivity contribution < 1.29 is 17.9 Å². The summed E-state index contributed by atoms with van der Waals surface area (Å²) in [5, 5.41) is 6.42. The Balaban J connectivity index is 1.75. The Labute approximate surface area is 173 Å². The van der Waals surface area contributed by atoms with Gasteiger partial charge in [0.25, 0.3) is 0 Å². The first-order valence-corrected chi connectivity index (χ1v) is 9.78. The number of alkyl halides is 3. The summed E-state index contributed by atoms with van der Waals surface area (Å²) in [4.78, 5) is 0. The molecule has 0 bridgehead atoms. The van der Waals surface area contributed by atoms with Gasteiger partial charge in [-0.3, -0.25) is 5.01 Å². The van der Waals surface area contributed by atoms with Gasteiger partial charge in [0, 0.05) is 6.42 Å². The summed E-state index contributed by atoms with van der Waals surface area (Å²) in [7, 11) is 0. The van der Waals surface area contributed by atoms with Gasteiger partial charge < -0.3 is 4.74 Å². The summed E-state index contributed by atoms with van der Waals surface area (Å²) in [5.41, 5.74) is 1.95. The number of benzene rings is 3. The lowest BCUT2D eigenvalue weighted by Gasteiger charge is -2.26. The monoisotopic (exact) mass is 410 g/mol. The van der Waals surface area contributed by atoms with E-state index in [4.69, 9.17) is 9.84 Å². The van der Waals surface area contributed by atoms with Gasteiger partial charge in [0.05, 0.1) is 29.6 Å². The molecule has 0 saturated heterocycles. The van der Waals surface area contributed by atoms with E-state index < -0.39 is 17.8 Å². The number of hydrogen-bond acceptors (Lipinski definition) is 3. The molecule has 3 aromatic carbocycles. The standard InChI is InChI=1S/C24H21F3N2O/c1-2-30-19-14-12-17(13-15-19)22-16-23(29(28-22)18-8-4-3-5-9-18)20-10-6-7-11-21(20)24(25,26)27/h3-15,23H,2,16H2,1H3/t23-/m1/s1. The molecule has 1 atom stereocenters. The van der Waals surface area contributed by atoms with Gasteiger partial charge in [-0.05, 0) is 60.5 Å². The maximum absolute atomic E-state index is 13.7. The van der Waals surface area contributed by atoms with Crippen LogP contribution in [0.25, 0.3) is 0 Å². The van der Waals surface area contributed by atoms with E-state index in [0.717, 1.165) is 28.8 Å². The van der Waals surface area contributed by atoms with E-state index in [-0.39, 0.29) is 5.56 Å². The Hall–Kier alpha value is -3.28. The Morgan fingerprint density at radius 3 is 2.27 bits per heavy atom. The van der Waals surface area contributed by atoms with Crippen molar-refractivity contribution in [1.82, 2.24) is 0 Å². The normalized spacial score (nSPS) is 16.5. The van der Waals surface area contributed by atoms with Crippen LogP contribution in [0.15, 0.2) is 84.0 Å². The van der Waals surface area contributed by atoms with Crippen LogP contribution in [0.3, 0.4) is 0 Å². The topological polar surface area (TPSA) is 24.8 Å². The van der Waals surface area contributed by atoms with Crippen LogP contribution < -0.4 is 9.75 Å². The second kappa shape index (κ2) is 8.22. The average molecular weight is 410 g/mol. The second-order valence-corrected chi connectivity index (χ2v) is 6.99. The van der Waals surface area contributed by atoms with Gasteiger partial charge in [-0.25, -0.2) is 0 Å². The molecule has 0 aromatic heterocycles. The molecule has 0 radical (unpaired) electrons. The van der Waals surface area contributed by atoms with Gasteiger partial charge in [-0.1, -0.05) is 36.4 Å². The first-order chi connectivity index (χ1) is 14.5. The fraction of sp³-hybridized carbons (Fsp3) is 0.208. The van der Waals surface area contributed by atoms with Crippen LogP contribution >= 0.6 is 0 Å². The summed E-state index contributed by atoms with van der Waals surface area (Å²) in [5.74, 6) is 0.749. The molecule has 0 N–H and O–H groups in total. The van der Waals surface area contributed by atoms with E-state index >= 15 is 0 Å². The van der Waals surface area contributed by atoms with Crippen molar-refractivity contribution in [2.45, 2.75) is 25.6 Å². The zero-order valence-electron chi connectivity index (χ0n) is 16.4. The molecule has 3 nitrogen and oxygen atoms in total. The SMILES string of the molecule is CCOc1ccc(C2=NN(c3ccccc3)[C@@H](c3ccccc3C(F)(F)F)C2)cc1. The highest BCUT2D eigenvalue weighted by Gasteiger charge is 2.39. The highest BCUT2D eigenvalue weighted by atomic mass is 19.4. The fourth-order valence-corrected chi connectivity index (χ4v) is 3.70. The second-order valence-electron chi connectivity index (χ2n) is 6.99. The lowest BCUT2D eigenvalue weighted by atomic mass is 9.94. The van der Waals surface area contributed by atoms with Crippen molar-refractivity contribution in [3.8, 4) is 5.75 Å². The van der Waals surface area contributed by atoms with Crippen molar-refractivity contribution in [2.75, 3.05) is 11.6 Å².